The van der Waals surface area contributed by atoms with Gasteiger partial charge in [0.15, 0.2) is 9.84 Å². The lowest BCUT2D eigenvalue weighted by molar-refractivity contribution is -0.115. The lowest BCUT2D eigenvalue weighted by atomic mass is 10.0. The fraction of sp³-hybridized carbons (Fsp3) is 0.138. The van der Waals surface area contributed by atoms with Crippen molar-refractivity contribution in [3.63, 3.8) is 0 Å². The predicted octanol–water partition coefficient (Wildman–Crippen LogP) is 6.56. The van der Waals surface area contributed by atoms with Crippen LogP contribution in [-0.2, 0) is 27.7 Å². The van der Waals surface area contributed by atoms with Gasteiger partial charge < -0.3 is 10.1 Å². The monoisotopic (exact) mass is 519 g/mol. The minimum atomic E-state index is -3.27. The Bertz CT molecular complexity index is 1450. The quantitative estimate of drug-likeness (QED) is 0.272. The van der Waals surface area contributed by atoms with Gasteiger partial charge in [-0.2, -0.15) is 0 Å². The standard InChI is InChI=1S/C29H26ClNO4S/c1-2-36(33,34)24-15-12-21(13-16-24)18-29(32)31-23-14-17-25(27(30)19-23)26-10-6-7-11-28(26)35-20-22-8-4-3-5-9-22/h3-17,19H,2,18,20H2,1H3,(H,31,32). The molecule has 1 N–H and O–H groups in total. The number of ether oxygens (including phenoxy) is 1. The zero-order valence-electron chi connectivity index (χ0n) is 19.8. The van der Waals surface area contributed by atoms with Crippen molar-refractivity contribution < 1.29 is 17.9 Å². The first-order valence-corrected chi connectivity index (χ1v) is 13.6. The fourth-order valence-electron chi connectivity index (χ4n) is 3.73. The van der Waals surface area contributed by atoms with E-state index < -0.39 is 9.84 Å². The highest BCUT2D eigenvalue weighted by atomic mass is 35.5. The summed E-state index contributed by atoms with van der Waals surface area (Å²) >= 11 is 6.61. The first-order chi connectivity index (χ1) is 17.4. The average Bonchev–Trinajstić information content (AvgIpc) is 2.89. The molecule has 0 saturated carbocycles. The zero-order chi connectivity index (χ0) is 25.5. The van der Waals surface area contributed by atoms with Crippen LogP contribution in [0.5, 0.6) is 5.75 Å². The molecule has 0 fully saturated rings. The van der Waals surface area contributed by atoms with E-state index in [4.69, 9.17) is 16.3 Å². The second-order valence-corrected chi connectivity index (χ2v) is 10.9. The third kappa shape index (κ3) is 6.33. The molecule has 0 heterocycles. The highest BCUT2D eigenvalue weighted by Crippen LogP contribution is 2.36. The maximum absolute atomic E-state index is 12.6. The lowest BCUT2D eigenvalue weighted by Gasteiger charge is -2.14. The van der Waals surface area contributed by atoms with E-state index >= 15 is 0 Å². The van der Waals surface area contributed by atoms with Crippen molar-refractivity contribution in [1.82, 2.24) is 0 Å². The summed E-state index contributed by atoms with van der Waals surface area (Å²) in [6, 6.07) is 29.4. The number of anilines is 1. The Morgan fingerprint density at radius 3 is 2.22 bits per heavy atom. The van der Waals surface area contributed by atoms with E-state index in [2.05, 4.69) is 5.32 Å². The summed E-state index contributed by atoms with van der Waals surface area (Å²) in [5.41, 5.74) is 4.01. The Hall–Kier alpha value is -3.61. The van der Waals surface area contributed by atoms with Crippen molar-refractivity contribution in [1.29, 1.82) is 0 Å². The highest BCUT2D eigenvalue weighted by molar-refractivity contribution is 7.91. The number of hydrogen-bond acceptors (Lipinski definition) is 4. The number of carbonyl (C=O) groups excluding carboxylic acids is 1. The van der Waals surface area contributed by atoms with Gasteiger partial charge in [-0.15, -0.1) is 0 Å². The molecule has 0 aliphatic rings. The molecule has 0 spiro atoms. The molecule has 1 amide bonds. The van der Waals surface area contributed by atoms with Gasteiger partial charge in [-0.1, -0.05) is 85.3 Å². The third-order valence-corrected chi connectivity index (χ3v) is 7.76. The molecule has 0 unspecified atom stereocenters. The maximum Gasteiger partial charge on any atom is 0.228 e. The van der Waals surface area contributed by atoms with Crippen molar-refractivity contribution in [3.8, 4) is 16.9 Å². The van der Waals surface area contributed by atoms with Crippen molar-refractivity contribution in [2.75, 3.05) is 11.1 Å². The number of amides is 1. The minimum Gasteiger partial charge on any atom is -0.488 e. The summed E-state index contributed by atoms with van der Waals surface area (Å²) in [7, 11) is -3.27. The van der Waals surface area contributed by atoms with Crippen LogP contribution in [-0.4, -0.2) is 20.1 Å². The molecular formula is C29H26ClNO4S. The smallest absolute Gasteiger partial charge is 0.228 e. The number of nitrogens with one attached hydrogen (secondary N) is 1. The molecule has 0 atom stereocenters. The lowest BCUT2D eigenvalue weighted by Crippen LogP contribution is -2.14. The normalized spacial score (nSPS) is 11.2. The number of carbonyl (C=O) groups is 1. The number of sulfone groups is 1. The van der Waals surface area contributed by atoms with Crippen molar-refractivity contribution in [3.05, 3.63) is 113 Å². The first-order valence-electron chi connectivity index (χ1n) is 11.5. The van der Waals surface area contributed by atoms with Gasteiger partial charge >= 0.3 is 0 Å². The van der Waals surface area contributed by atoms with E-state index in [1.165, 1.54) is 12.1 Å². The molecule has 4 aromatic carbocycles. The fourth-order valence-corrected chi connectivity index (χ4v) is 4.90. The first kappa shape index (κ1) is 25.5. The number of para-hydroxylation sites is 1. The van der Waals surface area contributed by atoms with Gasteiger partial charge in [0.2, 0.25) is 5.91 Å². The number of halogens is 1. The molecule has 5 nitrogen and oxygen atoms in total. The Labute approximate surface area is 216 Å². The molecule has 7 heteroatoms. The van der Waals surface area contributed by atoms with Crippen LogP contribution in [0.3, 0.4) is 0 Å². The minimum absolute atomic E-state index is 0.0349. The molecule has 0 bridgehead atoms. The van der Waals surface area contributed by atoms with Crippen LogP contribution in [0, 0.1) is 0 Å². The van der Waals surface area contributed by atoms with Crippen LogP contribution < -0.4 is 10.1 Å². The van der Waals surface area contributed by atoms with Crippen molar-refractivity contribution in [2.24, 2.45) is 0 Å². The summed E-state index contributed by atoms with van der Waals surface area (Å²) in [6.07, 6.45) is 0.113. The summed E-state index contributed by atoms with van der Waals surface area (Å²) in [5, 5.41) is 3.34. The molecule has 4 aromatic rings. The van der Waals surface area contributed by atoms with Crippen LogP contribution in [0.2, 0.25) is 5.02 Å². The van der Waals surface area contributed by atoms with Crippen LogP contribution >= 0.6 is 11.6 Å². The van der Waals surface area contributed by atoms with E-state index in [0.29, 0.717) is 23.1 Å². The van der Waals surface area contributed by atoms with E-state index in [9.17, 15) is 13.2 Å². The predicted molar refractivity (Wildman–Crippen MR) is 144 cm³/mol. The van der Waals surface area contributed by atoms with Crippen LogP contribution in [0.15, 0.2) is 102 Å². The SMILES string of the molecule is CCS(=O)(=O)c1ccc(CC(=O)Nc2ccc(-c3ccccc3OCc3ccccc3)c(Cl)c2)cc1. The Morgan fingerprint density at radius 2 is 1.53 bits per heavy atom. The number of rotatable bonds is 9. The van der Waals surface area contributed by atoms with Crippen LogP contribution in [0.1, 0.15) is 18.1 Å². The van der Waals surface area contributed by atoms with E-state index in [0.717, 1.165) is 22.3 Å². The molecule has 184 valence electrons. The van der Waals surface area contributed by atoms with Gasteiger partial charge in [0.25, 0.3) is 0 Å². The van der Waals surface area contributed by atoms with Gasteiger partial charge in [0.1, 0.15) is 12.4 Å². The number of hydrogen-bond donors (Lipinski definition) is 1. The van der Waals surface area contributed by atoms with E-state index in [1.807, 2.05) is 60.7 Å². The molecule has 0 saturated heterocycles. The summed E-state index contributed by atoms with van der Waals surface area (Å²) in [4.78, 5) is 12.8. The number of benzene rings is 4. The third-order valence-electron chi connectivity index (χ3n) is 5.69. The van der Waals surface area contributed by atoms with E-state index in [1.54, 1.807) is 31.2 Å². The molecule has 0 aromatic heterocycles. The average molecular weight is 520 g/mol. The van der Waals surface area contributed by atoms with Gasteiger partial charge in [-0.05, 0) is 41.5 Å². The van der Waals surface area contributed by atoms with Crippen LogP contribution in [0.25, 0.3) is 11.1 Å². The summed E-state index contributed by atoms with van der Waals surface area (Å²) < 4.78 is 30.0. The van der Waals surface area contributed by atoms with Gasteiger partial charge in [-0.25, -0.2) is 8.42 Å². The summed E-state index contributed by atoms with van der Waals surface area (Å²) in [5.74, 6) is 0.526. The van der Waals surface area contributed by atoms with Crippen molar-refractivity contribution >= 4 is 33.0 Å². The molecule has 4 rings (SSSR count). The largest absolute Gasteiger partial charge is 0.488 e. The van der Waals surface area contributed by atoms with Gasteiger partial charge in [-0.3, -0.25) is 4.79 Å². The Kier molecular flexibility index (Phi) is 8.08. The zero-order valence-corrected chi connectivity index (χ0v) is 21.4. The molecule has 36 heavy (non-hydrogen) atoms. The maximum atomic E-state index is 12.6. The van der Waals surface area contributed by atoms with Crippen molar-refractivity contribution in [2.45, 2.75) is 24.8 Å². The molecule has 0 aliphatic heterocycles. The van der Waals surface area contributed by atoms with Crippen LogP contribution in [0.4, 0.5) is 5.69 Å². The highest BCUT2D eigenvalue weighted by Gasteiger charge is 2.14. The van der Waals surface area contributed by atoms with E-state index in [-0.39, 0.29) is 23.0 Å². The topological polar surface area (TPSA) is 72.5 Å². The van der Waals surface area contributed by atoms with Gasteiger partial charge in [0.05, 0.1) is 22.1 Å². The molecule has 0 radical (unpaired) electrons. The molecular weight excluding hydrogens is 494 g/mol. The second-order valence-electron chi connectivity index (χ2n) is 8.24. The Morgan fingerprint density at radius 1 is 0.833 bits per heavy atom. The molecule has 0 aliphatic carbocycles. The van der Waals surface area contributed by atoms with Gasteiger partial charge in [0, 0.05) is 16.8 Å². The second kappa shape index (κ2) is 11.4. The Balaban J connectivity index is 1.44. The summed E-state index contributed by atoms with van der Waals surface area (Å²) in [6.45, 7) is 2.04.